The third kappa shape index (κ3) is 3.45. The quantitative estimate of drug-likeness (QED) is 0.450. The maximum Gasteiger partial charge on any atom is -0.0210 e. The number of hydrogen-bond donors (Lipinski definition) is 0. The van der Waals surface area contributed by atoms with Crippen molar-refractivity contribution in [2.24, 2.45) is 22.7 Å². The fourth-order valence-electron chi connectivity index (χ4n) is 8.21. The zero-order valence-electron chi connectivity index (χ0n) is 17.0. The van der Waals surface area contributed by atoms with Crippen molar-refractivity contribution >= 4 is 0 Å². The molecule has 0 amide bonds. The van der Waals surface area contributed by atoms with Gasteiger partial charge in [0.2, 0.25) is 0 Å². The van der Waals surface area contributed by atoms with Gasteiger partial charge >= 0.3 is 0 Å². The molecular formula is C25H44. The van der Waals surface area contributed by atoms with E-state index in [1.54, 1.807) is 96.3 Å². The standard InChI is InChI=1S/C25H44/c1-4-11-18-24(19-12-5-1,22-14-7-2-3-8-15-22)25(20-13-21-25)23-16-9-6-10-17-23/h22-23H,1-21H2. The molecular weight excluding hydrogens is 300 g/mol. The van der Waals surface area contributed by atoms with Gasteiger partial charge in [0.1, 0.15) is 0 Å². The molecule has 0 unspecified atom stereocenters. The summed E-state index contributed by atoms with van der Waals surface area (Å²) < 4.78 is 0. The lowest BCUT2D eigenvalue weighted by atomic mass is 9.40. The molecule has 0 spiro atoms. The number of hydrogen-bond acceptors (Lipinski definition) is 0. The van der Waals surface area contributed by atoms with Crippen LogP contribution in [0.3, 0.4) is 0 Å². The van der Waals surface area contributed by atoms with Gasteiger partial charge in [-0.15, -0.1) is 0 Å². The van der Waals surface area contributed by atoms with E-state index in [0.717, 1.165) is 22.7 Å². The Bertz CT molecular complexity index is 382. The molecule has 4 fully saturated rings. The van der Waals surface area contributed by atoms with Crippen molar-refractivity contribution in [3.63, 3.8) is 0 Å². The van der Waals surface area contributed by atoms with Crippen LogP contribution in [0, 0.1) is 22.7 Å². The monoisotopic (exact) mass is 344 g/mol. The summed E-state index contributed by atoms with van der Waals surface area (Å²) in [6.07, 6.45) is 32.9. The van der Waals surface area contributed by atoms with E-state index in [9.17, 15) is 0 Å². The van der Waals surface area contributed by atoms with Crippen LogP contribution in [0.15, 0.2) is 0 Å². The second-order valence-electron chi connectivity index (χ2n) is 10.5. The van der Waals surface area contributed by atoms with Crippen molar-refractivity contribution in [2.45, 2.75) is 135 Å². The third-order valence-corrected chi connectivity index (χ3v) is 9.51. The zero-order valence-corrected chi connectivity index (χ0v) is 17.0. The van der Waals surface area contributed by atoms with Crippen molar-refractivity contribution in [2.75, 3.05) is 0 Å². The first-order chi connectivity index (χ1) is 12.4. The minimum absolute atomic E-state index is 0.762. The lowest BCUT2D eigenvalue weighted by Crippen LogP contribution is -2.56. The molecule has 4 aliphatic carbocycles. The highest BCUT2D eigenvalue weighted by molar-refractivity contribution is 5.09. The first kappa shape index (κ1) is 18.4. The summed E-state index contributed by atoms with van der Waals surface area (Å²) in [6.45, 7) is 0. The molecule has 0 saturated heterocycles. The maximum absolute atomic E-state index is 1.62. The van der Waals surface area contributed by atoms with Gasteiger partial charge in [-0.05, 0) is 74.0 Å². The van der Waals surface area contributed by atoms with Crippen LogP contribution in [0.1, 0.15) is 135 Å². The second kappa shape index (κ2) is 8.35. The van der Waals surface area contributed by atoms with E-state index in [2.05, 4.69) is 0 Å². The van der Waals surface area contributed by atoms with E-state index < -0.39 is 0 Å². The molecule has 0 heterocycles. The molecule has 0 atom stereocenters. The normalized spacial score (nSPS) is 32.2. The van der Waals surface area contributed by atoms with Gasteiger partial charge in [-0.3, -0.25) is 0 Å². The predicted octanol–water partition coefficient (Wildman–Crippen LogP) is 8.44. The van der Waals surface area contributed by atoms with Crippen LogP contribution < -0.4 is 0 Å². The molecule has 0 aromatic carbocycles. The van der Waals surface area contributed by atoms with E-state index in [-0.39, 0.29) is 0 Å². The van der Waals surface area contributed by atoms with Crippen molar-refractivity contribution in [3.8, 4) is 0 Å². The Balaban J connectivity index is 1.66. The minimum atomic E-state index is 0.762. The van der Waals surface area contributed by atoms with Gasteiger partial charge in [0, 0.05) is 0 Å². The minimum Gasteiger partial charge on any atom is -0.0533 e. The lowest BCUT2D eigenvalue weighted by Gasteiger charge is -2.65. The maximum atomic E-state index is 1.62. The molecule has 144 valence electrons. The van der Waals surface area contributed by atoms with Crippen molar-refractivity contribution in [1.29, 1.82) is 0 Å². The Morgan fingerprint density at radius 3 is 1.04 bits per heavy atom. The highest BCUT2D eigenvalue weighted by Crippen LogP contribution is 2.69. The molecule has 25 heavy (non-hydrogen) atoms. The van der Waals surface area contributed by atoms with Gasteiger partial charge in [-0.2, -0.15) is 0 Å². The summed E-state index contributed by atoms with van der Waals surface area (Å²) in [5, 5.41) is 0. The lowest BCUT2D eigenvalue weighted by molar-refractivity contribution is -0.151. The van der Waals surface area contributed by atoms with Crippen molar-refractivity contribution in [3.05, 3.63) is 0 Å². The van der Waals surface area contributed by atoms with Gasteiger partial charge in [0.05, 0.1) is 0 Å². The first-order valence-electron chi connectivity index (χ1n) is 12.4. The number of rotatable bonds is 3. The highest BCUT2D eigenvalue weighted by atomic mass is 14.6. The fraction of sp³-hybridized carbons (Fsp3) is 1.00. The molecule has 0 aliphatic heterocycles. The van der Waals surface area contributed by atoms with E-state index in [1.807, 2.05) is 0 Å². The summed E-state index contributed by atoms with van der Waals surface area (Å²) in [4.78, 5) is 0. The van der Waals surface area contributed by atoms with Crippen LogP contribution >= 0.6 is 0 Å². The topological polar surface area (TPSA) is 0 Å². The van der Waals surface area contributed by atoms with Crippen LogP contribution in [0.4, 0.5) is 0 Å². The Morgan fingerprint density at radius 1 is 0.320 bits per heavy atom. The Morgan fingerprint density at radius 2 is 0.640 bits per heavy atom. The van der Waals surface area contributed by atoms with Gasteiger partial charge < -0.3 is 0 Å². The SMILES string of the molecule is C1CCCC(C2CCCCCC2)(C2(C3CCCCC3)CCC2)CCC1. The van der Waals surface area contributed by atoms with Gasteiger partial charge in [-0.25, -0.2) is 0 Å². The van der Waals surface area contributed by atoms with Crippen LogP contribution in [0.5, 0.6) is 0 Å². The molecule has 0 aromatic heterocycles. The fourth-order valence-corrected chi connectivity index (χ4v) is 8.21. The molecule has 0 heteroatoms. The molecule has 0 N–H and O–H groups in total. The Kier molecular flexibility index (Phi) is 6.13. The average molecular weight is 345 g/mol. The highest BCUT2D eigenvalue weighted by Gasteiger charge is 2.59. The van der Waals surface area contributed by atoms with Crippen molar-refractivity contribution in [1.82, 2.24) is 0 Å². The molecule has 4 saturated carbocycles. The van der Waals surface area contributed by atoms with Gasteiger partial charge in [0.25, 0.3) is 0 Å². The summed E-state index contributed by atoms with van der Waals surface area (Å²) >= 11 is 0. The average Bonchev–Trinajstić information content (AvgIpc) is 2.86. The summed E-state index contributed by atoms with van der Waals surface area (Å²) in [5.41, 5.74) is 1.55. The summed E-state index contributed by atoms with van der Waals surface area (Å²) in [5.74, 6) is 2.20. The van der Waals surface area contributed by atoms with E-state index in [4.69, 9.17) is 0 Å². The molecule has 0 aromatic rings. The Hall–Kier alpha value is 0. The summed E-state index contributed by atoms with van der Waals surface area (Å²) in [6, 6.07) is 0. The smallest absolute Gasteiger partial charge is 0.0210 e. The third-order valence-electron chi connectivity index (χ3n) is 9.51. The predicted molar refractivity (Wildman–Crippen MR) is 109 cm³/mol. The largest absolute Gasteiger partial charge is 0.0533 e. The summed E-state index contributed by atoms with van der Waals surface area (Å²) in [7, 11) is 0. The van der Waals surface area contributed by atoms with Crippen LogP contribution in [-0.2, 0) is 0 Å². The molecule has 4 rings (SSSR count). The second-order valence-corrected chi connectivity index (χ2v) is 10.5. The van der Waals surface area contributed by atoms with E-state index in [1.165, 1.54) is 38.5 Å². The van der Waals surface area contributed by atoms with Crippen LogP contribution in [-0.4, -0.2) is 0 Å². The first-order valence-corrected chi connectivity index (χ1v) is 12.4. The van der Waals surface area contributed by atoms with E-state index in [0.29, 0.717) is 0 Å². The van der Waals surface area contributed by atoms with Gasteiger partial charge in [-0.1, -0.05) is 83.5 Å². The molecule has 0 nitrogen and oxygen atoms in total. The molecule has 4 aliphatic rings. The Labute approximate surface area is 157 Å². The van der Waals surface area contributed by atoms with Gasteiger partial charge in [0.15, 0.2) is 0 Å². The van der Waals surface area contributed by atoms with Crippen molar-refractivity contribution < 1.29 is 0 Å². The molecule has 0 radical (unpaired) electrons. The van der Waals surface area contributed by atoms with Crippen LogP contribution in [0.25, 0.3) is 0 Å². The zero-order chi connectivity index (χ0) is 17.0. The molecule has 0 bridgehead atoms. The van der Waals surface area contributed by atoms with Crippen LogP contribution in [0.2, 0.25) is 0 Å². The van der Waals surface area contributed by atoms with E-state index >= 15 is 0 Å².